The first kappa shape index (κ1) is 21.6. The Kier molecular flexibility index (Phi) is 5.70. The molecule has 0 N–H and O–H groups in total. The Morgan fingerprint density at radius 3 is 2.33 bits per heavy atom. The minimum absolute atomic E-state index is 0.0801. The van der Waals surface area contributed by atoms with Crippen LogP contribution in [0, 0.1) is 0 Å². The summed E-state index contributed by atoms with van der Waals surface area (Å²) in [5.74, 6) is -0.385. The average molecular weight is 442 g/mol. The van der Waals surface area contributed by atoms with Gasteiger partial charge in [0.05, 0.1) is 22.8 Å². The van der Waals surface area contributed by atoms with E-state index in [0.29, 0.717) is 5.69 Å². The quantitative estimate of drug-likeness (QED) is 0.544. The Hall–Kier alpha value is -3.15. The first-order valence-electron chi connectivity index (χ1n) is 8.67. The third-order valence-electron chi connectivity index (χ3n) is 4.13. The van der Waals surface area contributed by atoms with E-state index in [1.807, 2.05) is 0 Å². The number of hydrogen-bond donors (Lipinski definition) is 0. The van der Waals surface area contributed by atoms with Gasteiger partial charge in [-0.25, -0.2) is 13.4 Å². The molecule has 0 bridgehead atoms. The number of nitrogens with zero attached hydrogens (tertiary/aromatic N) is 4. The van der Waals surface area contributed by atoms with E-state index in [1.54, 1.807) is 13.1 Å². The summed E-state index contributed by atoms with van der Waals surface area (Å²) < 4.78 is 69.1. The topological polar surface area (TPSA) is 96.1 Å². The lowest BCUT2D eigenvalue weighted by molar-refractivity contribution is -0.153. The van der Waals surface area contributed by atoms with Crippen molar-refractivity contribution in [3.63, 3.8) is 0 Å². The molecule has 0 aliphatic carbocycles. The third kappa shape index (κ3) is 4.53. The van der Waals surface area contributed by atoms with E-state index < -0.39 is 33.3 Å². The fourth-order valence-corrected chi connectivity index (χ4v) is 3.62. The van der Waals surface area contributed by atoms with Crippen LogP contribution in [0.1, 0.15) is 6.92 Å². The van der Waals surface area contributed by atoms with Crippen molar-refractivity contribution in [2.45, 2.75) is 18.3 Å². The largest absolute Gasteiger partial charge is 0.484 e. The van der Waals surface area contributed by atoms with E-state index in [1.165, 1.54) is 48.1 Å². The van der Waals surface area contributed by atoms with Gasteiger partial charge in [0.1, 0.15) is 5.75 Å². The highest BCUT2D eigenvalue weighted by Crippen LogP contribution is 2.22. The van der Waals surface area contributed by atoms with E-state index in [9.17, 15) is 26.4 Å². The van der Waals surface area contributed by atoms with Crippen LogP contribution in [0.4, 0.5) is 13.2 Å². The highest BCUT2D eigenvalue weighted by Gasteiger charge is 2.28. The lowest BCUT2D eigenvalue weighted by Gasteiger charge is -2.14. The van der Waals surface area contributed by atoms with Gasteiger partial charge in [-0.05, 0) is 30.3 Å². The molecular formula is C18H17F3N4O4S. The van der Waals surface area contributed by atoms with Crippen molar-refractivity contribution in [2.24, 2.45) is 7.05 Å². The molecule has 12 heteroatoms. The molecule has 160 valence electrons. The highest BCUT2D eigenvalue weighted by atomic mass is 32.2. The van der Waals surface area contributed by atoms with Crippen LogP contribution in [-0.4, -0.2) is 46.3 Å². The number of halogens is 3. The smallest absolute Gasteiger partial charge is 0.422 e. The number of alkyl halides is 3. The van der Waals surface area contributed by atoms with Crippen LogP contribution in [0.25, 0.3) is 17.1 Å². The van der Waals surface area contributed by atoms with E-state index in [4.69, 9.17) is 0 Å². The van der Waals surface area contributed by atoms with Crippen molar-refractivity contribution >= 4 is 9.84 Å². The maximum Gasteiger partial charge on any atom is 0.422 e. The molecule has 0 unspecified atom stereocenters. The second-order valence-electron chi connectivity index (χ2n) is 6.24. The SMILES string of the molecule is CCS(=O)(=O)c1nc(-c2ccnn2C)cc(=O)n1-c1ccc(OCC(F)(F)F)cc1. The van der Waals surface area contributed by atoms with E-state index in [0.717, 1.165) is 4.57 Å². The second-order valence-corrected chi connectivity index (χ2v) is 8.41. The Labute approximate surface area is 169 Å². The van der Waals surface area contributed by atoms with Crippen LogP contribution in [0.3, 0.4) is 0 Å². The molecule has 0 radical (unpaired) electrons. The van der Waals surface area contributed by atoms with Crippen molar-refractivity contribution < 1.29 is 26.3 Å². The van der Waals surface area contributed by atoms with Crippen LogP contribution < -0.4 is 10.3 Å². The number of aryl methyl sites for hydroxylation is 1. The highest BCUT2D eigenvalue weighted by molar-refractivity contribution is 7.91. The fraction of sp³-hybridized carbons (Fsp3) is 0.278. The van der Waals surface area contributed by atoms with E-state index >= 15 is 0 Å². The van der Waals surface area contributed by atoms with Crippen molar-refractivity contribution in [2.75, 3.05) is 12.4 Å². The molecule has 0 aliphatic heterocycles. The molecule has 0 spiro atoms. The van der Waals surface area contributed by atoms with Crippen LogP contribution in [0.5, 0.6) is 5.75 Å². The molecule has 3 rings (SSSR count). The van der Waals surface area contributed by atoms with Crippen molar-refractivity contribution in [3.05, 3.63) is 52.9 Å². The first-order chi connectivity index (χ1) is 14.0. The molecule has 0 fully saturated rings. The number of aromatic nitrogens is 4. The van der Waals surface area contributed by atoms with Crippen LogP contribution in [0.2, 0.25) is 0 Å². The predicted octanol–water partition coefficient (Wildman–Crippen LogP) is 2.37. The zero-order valence-electron chi connectivity index (χ0n) is 15.9. The van der Waals surface area contributed by atoms with Crippen LogP contribution in [0.15, 0.2) is 52.5 Å². The van der Waals surface area contributed by atoms with Gasteiger partial charge >= 0.3 is 6.18 Å². The van der Waals surface area contributed by atoms with Gasteiger partial charge in [-0.3, -0.25) is 14.0 Å². The maximum absolute atomic E-state index is 12.8. The zero-order chi connectivity index (χ0) is 22.1. The summed E-state index contributed by atoms with van der Waals surface area (Å²) in [5.41, 5.74) is 0.0312. The fourth-order valence-electron chi connectivity index (χ4n) is 2.65. The zero-order valence-corrected chi connectivity index (χ0v) is 16.7. The number of hydrogen-bond acceptors (Lipinski definition) is 6. The first-order valence-corrected chi connectivity index (χ1v) is 10.3. The van der Waals surface area contributed by atoms with Crippen LogP contribution in [-0.2, 0) is 16.9 Å². The summed E-state index contributed by atoms with van der Waals surface area (Å²) in [4.78, 5) is 17.0. The summed E-state index contributed by atoms with van der Waals surface area (Å²) in [6.45, 7) is -0.0562. The van der Waals surface area contributed by atoms with E-state index in [-0.39, 0.29) is 22.9 Å². The molecule has 2 heterocycles. The van der Waals surface area contributed by atoms with Crippen LogP contribution >= 0.6 is 0 Å². The van der Waals surface area contributed by atoms with Gasteiger partial charge in [-0.2, -0.15) is 18.3 Å². The molecule has 1 aromatic carbocycles. The van der Waals surface area contributed by atoms with Gasteiger partial charge in [0.25, 0.3) is 5.56 Å². The summed E-state index contributed by atoms with van der Waals surface area (Å²) >= 11 is 0. The van der Waals surface area contributed by atoms with Gasteiger partial charge in [-0.15, -0.1) is 0 Å². The molecule has 0 amide bonds. The number of sulfone groups is 1. The van der Waals surface area contributed by atoms with Gasteiger partial charge in [0, 0.05) is 19.3 Å². The Morgan fingerprint density at radius 1 is 1.13 bits per heavy atom. The van der Waals surface area contributed by atoms with Gasteiger partial charge < -0.3 is 4.74 Å². The van der Waals surface area contributed by atoms with Gasteiger partial charge in [0.15, 0.2) is 6.61 Å². The van der Waals surface area contributed by atoms with Crippen molar-refractivity contribution in [1.82, 2.24) is 19.3 Å². The average Bonchev–Trinajstić information content (AvgIpc) is 3.11. The van der Waals surface area contributed by atoms with E-state index in [2.05, 4.69) is 14.8 Å². The predicted molar refractivity (Wildman–Crippen MR) is 101 cm³/mol. The maximum atomic E-state index is 12.8. The molecule has 3 aromatic rings. The van der Waals surface area contributed by atoms with Crippen molar-refractivity contribution in [3.8, 4) is 22.8 Å². The lowest BCUT2D eigenvalue weighted by atomic mass is 10.2. The normalized spacial score (nSPS) is 12.2. The molecular weight excluding hydrogens is 425 g/mol. The molecule has 2 aromatic heterocycles. The monoisotopic (exact) mass is 442 g/mol. The van der Waals surface area contributed by atoms with Gasteiger partial charge in [-0.1, -0.05) is 6.92 Å². The Bertz CT molecular complexity index is 1220. The molecule has 30 heavy (non-hydrogen) atoms. The van der Waals surface area contributed by atoms with Gasteiger partial charge in [0.2, 0.25) is 15.0 Å². The number of rotatable bonds is 6. The molecule has 0 aliphatic rings. The number of ether oxygens (including phenoxy) is 1. The summed E-state index contributed by atoms with van der Waals surface area (Å²) in [6.07, 6.45) is -3.01. The standard InChI is InChI=1S/C18H17F3N4O4S/c1-3-30(27,28)17-23-14(15-8-9-22-24(15)2)10-16(26)25(17)12-4-6-13(7-5-12)29-11-18(19,20)21/h4-10H,3,11H2,1-2H3. The Balaban J connectivity index is 2.10. The minimum Gasteiger partial charge on any atom is -0.484 e. The molecule has 0 saturated heterocycles. The lowest BCUT2D eigenvalue weighted by Crippen LogP contribution is -2.27. The summed E-state index contributed by atoms with van der Waals surface area (Å²) in [6, 6.07) is 7.75. The summed E-state index contributed by atoms with van der Waals surface area (Å²) in [7, 11) is -2.30. The Morgan fingerprint density at radius 2 is 1.80 bits per heavy atom. The second kappa shape index (κ2) is 7.94. The third-order valence-corrected chi connectivity index (χ3v) is 5.72. The molecule has 0 saturated carbocycles. The summed E-state index contributed by atoms with van der Waals surface area (Å²) in [5, 5.41) is 3.51. The molecule has 8 nitrogen and oxygen atoms in total. The van der Waals surface area contributed by atoms with Crippen molar-refractivity contribution in [1.29, 1.82) is 0 Å². The number of benzene rings is 1. The minimum atomic E-state index is -4.50. The molecule has 0 atom stereocenters.